The summed E-state index contributed by atoms with van der Waals surface area (Å²) in [4.78, 5) is 12.3. The molecule has 0 aliphatic carbocycles. The van der Waals surface area contributed by atoms with E-state index >= 15 is 0 Å². The van der Waals surface area contributed by atoms with Gasteiger partial charge in [0.2, 0.25) is 10.0 Å². The molecule has 2 aromatic carbocycles. The van der Waals surface area contributed by atoms with Gasteiger partial charge in [-0.3, -0.25) is 10.0 Å². The lowest BCUT2D eigenvalue weighted by Gasteiger charge is -2.29. The Morgan fingerprint density at radius 3 is 2.63 bits per heavy atom. The maximum atomic E-state index is 13.3. The van der Waals surface area contributed by atoms with Gasteiger partial charge in [0.15, 0.2) is 0 Å². The highest BCUT2D eigenvalue weighted by Crippen LogP contribution is 2.33. The fourth-order valence-corrected chi connectivity index (χ4v) is 5.20. The van der Waals surface area contributed by atoms with E-state index < -0.39 is 22.0 Å². The summed E-state index contributed by atoms with van der Waals surface area (Å²) in [6.45, 7) is 4.57. The fraction of sp³-hybridized carbons (Fsp3) is 0.381. The Morgan fingerprint density at radius 2 is 1.97 bits per heavy atom. The molecule has 2 aromatic rings. The van der Waals surface area contributed by atoms with Crippen molar-refractivity contribution in [3.05, 3.63) is 54.1 Å². The number of ether oxygens (including phenoxy) is 1. The smallest absolute Gasteiger partial charge is 0.261 e. The number of anilines is 1. The van der Waals surface area contributed by atoms with Crippen molar-refractivity contribution >= 4 is 21.6 Å². The zero-order valence-corrected chi connectivity index (χ0v) is 17.9. The van der Waals surface area contributed by atoms with Crippen molar-refractivity contribution in [2.75, 3.05) is 18.4 Å². The van der Waals surface area contributed by atoms with Crippen molar-refractivity contribution in [2.24, 2.45) is 5.92 Å². The lowest BCUT2D eigenvalue weighted by Crippen LogP contribution is -2.50. The SMILES string of the molecule is CC(C)C[C@H](C(=O)NO)N1CCNc2cc(OCc3ccccc3)ccc2S1(=O)=O. The summed E-state index contributed by atoms with van der Waals surface area (Å²) in [6, 6.07) is 13.4. The summed E-state index contributed by atoms with van der Waals surface area (Å²) in [5.41, 5.74) is 3.04. The molecule has 0 saturated heterocycles. The molecule has 30 heavy (non-hydrogen) atoms. The molecule has 0 radical (unpaired) electrons. The van der Waals surface area contributed by atoms with Gasteiger partial charge in [0.05, 0.1) is 5.69 Å². The molecule has 1 atom stereocenters. The number of amides is 1. The van der Waals surface area contributed by atoms with Crippen LogP contribution in [-0.2, 0) is 21.4 Å². The van der Waals surface area contributed by atoms with Gasteiger partial charge in [0.25, 0.3) is 5.91 Å². The molecule has 1 aliphatic heterocycles. The quantitative estimate of drug-likeness (QED) is 0.458. The zero-order valence-electron chi connectivity index (χ0n) is 17.0. The number of benzene rings is 2. The first kappa shape index (κ1) is 22.1. The van der Waals surface area contributed by atoms with Crippen molar-refractivity contribution in [1.29, 1.82) is 0 Å². The highest BCUT2D eigenvalue weighted by Gasteiger charge is 2.38. The molecule has 3 N–H and O–H groups in total. The van der Waals surface area contributed by atoms with Crippen LogP contribution in [-0.4, -0.2) is 43.0 Å². The van der Waals surface area contributed by atoms with Crippen LogP contribution >= 0.6 is 0 Å². The fourth-order valence-electron chi connectivity index (χ4n) is 3.45. The molecule has 0 aromatic heterocycles. The predicted molar refractivity (Wildman–Crippen MR) is 113 cm³/mol. The minimum Gasteiger partial charge on any atom is -0.489 e. The van der Waals surface area contributed by atoms with Crippen molar-refractivity contribution in [3.8, 4) is 5.75 Å². The van der Waals surface area contributed by atoms with Gasteiger partial charge in [-0.05, 0) is 30.0 Å². The Kier molecular flexibility index (Phi) is 6.96. The van der Waals surface area contributed by atoms with Gasteiger partial charge in [-0.15, -0.1) is 0 Å². The van der Waals surface area contributed by atoms with Gasteiger partial charge in [-0.25, -0.2) is 13.9 Å². The number of hydroxylamine groups is 1. The molecule has 1 aliphatic rings. The van der Waals surface area contributed by atoms with Gasteiger partial charge in [-0.1, -0.05) is 44.2 Å². The van der Waals surface area contributed by atoms with E-state index in [1.807, 2.05) is 44.2 Å². The average Bonchev–Trinajstić information content (AvgIpc) is 2.86. The maximum absolute atomic E-state index is 13.3. The van der Waals surface area contributed by atoms with Gasteiger partial charge < -0.3 is 10.1 Å². The maximum Gasteiger partial charge on any atom is 0.261 e. The third kappa shape index (κ3) is 4.92. The van der Waals surface area contributed by atoms with E-state index in [4.69, 9.17) is 9.94 Å². The summed E-state index contributed by atoms with van der Waals surface area (Å²) in [6.07, 6.45) is 0.291. The van der Waals surface area contributed by atoms with Crippen LogP contribution in [0.1, 0.15) is 25.8 Å². The van der Waals surface area contributed by atoms with Gasteiger partial charge in [0.1, 0.15) is 23.3 Å². The lowest BCUT2D eigenvalue weighted by molar-refractivity contribution is -0.133. The third-order valence-corrected chi connectivity index (χ3v) is 6.86. The van der Waals surface area contributed by atoms with E-state index in [1.165, 1.54) is 6.07 Å². The summed E-state index contributed by atoms with van der Waals surface area (Å²) in [7, 11) is -3.96. The molecular formula is C21H27N3O5S. The van der Waals surface area contributed by atoms with Crippen LogP contribution in [0.4, 0.5) is 5.69 Å². The summed E-state index contributed by atoms with van der Waals surface area (Å²) >= 11 is 0. The lowest BCUT2D eigenvalue weighted by atomic mass is 10.0. The zero-order chi connectivity index (χ0) is 21.7. The van der Waals surface area contributed by atoms with Crippen LogP contribution in [0.3, 0.4) is 0 Å². The molecule has 162 valence electrons. The van der Waals surface area contributed by atoms with Crippen LogP contribution in [0.15, 0.2) is 53.4 Å². The van der Waals surface area contributed by atoms with Gasteiger partial charge in [-0.2, -0.15) is 4.31 Å². The minimum atomic E-state index is -3.96. The van der Waals surface area contributed by atoms with Gasteiger partial charge in [0, 0.05) is 19.2 Å². The largest absolute Gasteiger partial charge is 0.489 e. The number of nitrogens with zero attached hydrogens (tertiary/aromatic N) is 1. The molecule has 8 nitrogen and oxygen atoms in total. The highest BCUT2D eigenvalue weighted by atomic mass is 32.2. The molecule has 0 spiro atoms. The van der Waals surface area contributed by atoms with Crippen LogP contribution < -0.4 is 15.5 Å². The summed E-state index contributed by atoms with van der Waals surface area (Å²) < 4.78 is 33.6. The van der Waals surface area contributed by atoms with Crippen LogP contribution in [0, 0.1) is 5.92 Å². The molecule has 1 amide bonds. The van der Waals surface area contributed by atoms with Gasteiger partial charge >= 0.3 is 0 Å². The Labute approximate surface area is 176 Å². The number of carbonyl (C=O) groups excluding carboxylic acids is 1. The van der Waals surface area contributed by atoms with E-state index in [1.54, 1.807) is 17.6 Å². The second kappa shape index (κ2) is 9.46. The molecule has 0 bridgehead atoms. The molecule has 0 unspecified atom stereocenters. The number of hydrogen-bond donors (Lipinski definition) is 3. The first-order valence-corrected chi connectivity index (χ1v) is 11.3. The second-order valence-electron chi connectivity index (χ2n) is 7.60. The number of fused-ring (bicyclic) bond motifs is 1. The van der Waals surface area contributed by atoms with E-state index in [9.17, 15) is 13.2 Å². The minimum absolute atomic E-state index is 0.0620. The molecule has 3 rings (SSSR count). The standard InChI is InChI=1S/C21H27N3O5S/c1-15(2)12-19(21(25)23-26)24-11-10-22-18-13-17(8-9-20(18)30(24,27)28)29-14-16-6-4-3-5-7-16/h3-9,13,15,19,22,26H,10-12,14H2,1-2H3,(H,23,25)/t19-/m1/s1. The number of carbonyl (C=O) groups is 1. The van der Waals surface area contributed by atoms with Crippen molar-refractivity contribution in [1.82, 2.24) is 9.79 Å². The summed E-state index contributed by atoms with van der Waals surface area (Å²) in [5, 5.41) is 12.2. The third-order valence-electron chi connectivity index (χ3n) is 4.89. The van der Waals surface area contributed by atoms with E-state index in [2.05, 4.69) is 5.32 Å². The molecule has 0 saturated carbocycles. The Morgan fingerprint density at radius 1 is 1.23 bits per heavy atom. The van der Waals surface area contributed by atoms with Crippen LogP contribution in [0.2, 0.25) is 0 Å². The monoisotopic (exact) mass is 433 g/mol. The number of sulfonamides is 1. The highest BCUT2D eigenvalue weighted by molar-refractivity contribution is 7.89. The predicted octanol–water partition coefficient (Wildman–Crippen LogP) is 2.60. The van der Waals surface area contributed by atoms with Crippen LogP contribution in [0.25, 0.3) is 0 Å². The molecule has 1 heterocycles. The normalized spacial score (nSPS) is 16.8. The Balaban J connectivity index is 1.87. The topological polar surface area (TPSA) is 108 Å². The number of hydrogen-bond acceptors (Lipinski definition) is 6. The molecule has 0 fully saturated rings. The molecule has 9 heteroatoms. The average molecular weight is 434 g/mol. The van der Waals surface area contributed by atoms with Crippen molar-refractivity contribution in [3.63, 3.8) is 0 Å². The van der Waals surface area contributed by atoms with Crippen molar-refractivity contribution in [2.45, 2.75) is 37.8 Å². The number of rotatable bonds is 7. The van der Waals surface area contributed by atoms with E-state index in [0.717, 1.165) is 9.87 Å². The Hall–Kier alpha value is -2.62. The first-order chi connectivity index (χ1) is 14.3. The van der Waals surface area contributed by atoms with E-state index in [-0.39, 0.29) is 17.4 Å². The summed E-state index contributed by atoms with van der Waals surface area (Å²) in [5.74, 6) is -0.133. The molecular weight excluding hydrogens is 406 g/mol. The second-order valence-corrected chi connectivity index (χ2v) is 9.46. The number of nitrogens with one attached hydrogen (secondary N) is 2. The Bertz CT molecular complexity index is 979. The van der Waals surface area contributed by atoms with E-state index in [0.29, 0.717) is 31.0 Å². The van der Waals surface area contributed by atoms with Crippen molar-refractivity contribution < 1.29 is 23.2 Å². The first-order valence-electron chi connectivity index (χ1n) is 9.83. The van der Waals surface area contributed by atoms with Crippen LogP contribution in [0.5, 0.6) is 5.75 Å².